The minimum Gasteiger partial charge on any atom is -0.493 e. The van der Waals surface area contributed by atoms with E-state index in [1.165, 1.54) is 19.1 Å². The normalized spacial score (nSPS) is 10.3. The summed E-state index contributed by atoms with van der Waals surface area (Å²) >= 11 is 12.0. The molecule has 0 N–H and O–H groups in total. The van der Waals surface area contributed by atoms with Crippen LogP contribution in [0.2, 0.25) is 10.0 Å². The van der Waals surface area contributed by atoms with E-state index in [2.05, 4.69) is 0 Å². The molecule has 0 aliphatic rings. The van der Waals surface area contributed by atoms with Gasteiger partial charge in [0.25, 0.3) is 5.91 Å². The van der Waals surface area contributed by atoms with Crippen LogP contribution in [0.4, 0.5) is 0 Å². The summed E-state index contributed by atoms with van der Waals surface area (Å²) in [5.41, 5.74) is 0.770. The number of benzene rings is 2. The molecule has 0 unspecified atom stereocenters. The quantitative estimate of drug-likeness (QED) is 0.652. The molecule has 0 radical (unpaired) electrons. The van der Waals surface area contributed by atoms with Gasteiger partial charge in [-0.25, -0.2) is 0 Å². The summed E-state index contributed by atoms with van der Waals surface area (Å²) in [6.07, 6.45) is 0. The van der Waals surface area contributed by atoms with Crippen LogP contribution in [-0.4, -0.2) is 45.8 Å². The van der Waals surface area contributed by atoms with Crippen LogP contribution >= 0.6 is 23.2 Å². The highest BCUT2D eigenvalue weighted by molar-refractivity contribution is 6.34. The third-order valence-electron chi connectivity index (χ3n) is 3.86. The number of amides is 1. The first-order chi connectivity index (χ1) is 12.9. The smallest absolute Gasteiger partial charge is 0.260 e. The molecular formula is C19H21Cl2NO5. The van der Waals surface area contributed by atoms with Crippen molar-refractivity contribution in [3.05, 3.63) is 45.9 Å². The summed E-state index contributed by atoms with van der Waals surface area (Å²) in [6.45, 7) is 0.126. The number of rotatable bonds is 8. The summed E-state index contributed by atoms with van der Waals surface area (Å²) in [4.78, 5) is 13.9. The van der Waals surface area contributed by atoms with Crippen LogP contribution in [0.25, 0.3) is 0 Å². The molecule has 2 rings (SSSR count). The SMILES string of the molecule is COc1ccc(CN(C)C(=O)COc2cc(Cl)ccc2Cl)c(OC)c1OC. The van der Waals surface area contributed by atoms with E-state index >= 15 is 0 Å². The number of hydrogen-bond donors (Lipinski definition) is 0. The number of hydrogen-bond acceptors (Lipinski definition) is 5. The molecule has 0 saturated heterocycles. The van der Waals surface area contributed by atoms with E-state index in [0.29, 0.717) is 39.6 Å². The summed E-state index contributed by atoms with van der Waals surface area (Å²) in [5.74, 6) is 1.65. The lowest BCUT2D eigenvalue weighted by molar-refractivity contribution is -0.132. The standard InChI is InChI=1S/C19H21Cl2NO5/c1-22(17(23)11-27-16-9-13(20)6-7-14(16)21)10-12-5-8-15(24-2)19(26-4)18(12)25-3/h5-9H,10-11H2,1-4H3. The number of methoxy groups -OCH3 is 3. The Bertz CT molecular complexity index is 813. The lowest BCUT2D eigenvalue weighted by Gasteiger charge is -2.21. The number of ether oxygens (including phenoxy) is 4. The first kappa shape index (κ1) is 21.0. The lowest BCUT2D eigenvalue weighted by Crippen LogP contribution is -2.31. The molecule has 0 heterocycles. The molecule has 2 aromatic rings. The Morgan fingerprint density at radius 1 is 0.963 bits per heavy atom. The predicted molar refractivity (Wildman–Crippen MR) is 105 cm³/mol. The van der Waals surface area contributed by atoms with E-state index in [9.17, 15) is 4.79 Å². The third-order valence-corrected chi connectivity index (χ3v) is 4.41. The number of likely N-dealkylation sites (N-methyl/N-ethyl adjacent to an activating group) is 1. The van der Waals surface area contributed by atoms with Crippen molar-refractivity contribution in [1.29, 1.82) is 0 Å². The molecule has 0 aromatic heterocycles. The highest BCUT2D eigenvalue weighted by atomic mass is 35.5. The van der Waals surface area contributed by atoms with E-state index in [0.717, 1.165) is 5.56 Å². The molecule has 0 atom stereocenters. The zero-order valence-corrected chi connectivity index (χ0v) is 17.1. The fourth-order valence-corrected chi connectivity index (χ4v) is 2.80. The Morgan fingerprint density at radius 2 is 1.67 bits per heavy atom. The maximum Gasteiger partial charge on any atom is 0.260 e. The Labute approximate surface area is 168 Å². The van der Waals surface area contributed by atoms with Crippen molar-refractivity contribution < 1.29 is 23.7 Å². The summed E-state index contributed by atoms with van der Waals surface area (Å²) in [5, 5.41) is 0.863. The van der Waals surface area contributed by atoms with Crippen LogP contribution in [0.15, 0.2) is 30.3 Å². The van der Waals surface area contributed by atoms with Crippen LogP contribution in [0.3, 0.4) is 0 Å². The minimum absolute atomic E-state index is 0.174. The molecule has 0 aliphatic carbocycles. The maximum atomic E-state index is 12.4. The van der Waals surface area contributed by atoms with Gasteiger partial charge in [-0.05, 0) is 24.3 Å². The van der Waals surface area contributed by atoms with Crippen molar-refractivity contribution in [2.45, 2.75) is 6.54 Å². The highest BCUT2D eigenvalue weighted by Gasteiger charge is 2.19. The van der Waals surface area contributed by atoms with Crippen molar-refractivity contribution in [1.82, 2.24) is 4.90 Å². The largest absolute Gasteiger partial charge is 0.493 e. The van der Waals surface area contributed by atoms with Crippen molar-refractivity contribution in [2.75, 3.05) is 35.0 Å². The molecular weight excluding hydrogens is 393 g/mol. The monoisotopic (exact) mass is 413 g/mol. The topological polar surface area (TPSA) is 57.2 Å². The maximum absolute atomic E-state index is 12.4. The van der Waals surface area contributed by atoms with Gasteiger partial charge in [0, 0.05) is 30.2 Å². The highest BCUT2D eigenvalue weighted by Crippen LogP contribution is 2.40. The van der Waals surface area contributed by atoms with Gasteiger partial charge in [0.15, 0.2) is 18.1 Å². The van der Waals surface area contributed by atoms with Crippen LogP contribution in [0, 0.1) is 0 Å². The van der Waals surface area contributed by atoms with Crippen molar-refractivity contribution in [3.63, 3.8) is 0 Å². The van der Waals surface area contributed by atoms with E-state index in [1.807, 2.05) is 6.07 Å². The van der Waals surface area contributed by atoms with Gasteiger partial charge in [0.2, 0.25) is 5.75 Å². The van der Waals surface area contributed by atoms with Crippen LogP contribution in [0.1, 0.15) is 5.56 Å². The van der Waals surface area contributed by atoms with E-state index in [4.69, 9.17) is 42.1 Å². The van der Waals surface area contributed by atoms with Crippen LogP contribution < -0.4 is 18.9 Å². The second kappa shape index (κ2) is 9.58. The molecule has 1 amide bonds. The lowest BCUT2D eigenvalue weighted by atomic mass is 10.1. The Balaban J connectivity index is 2.09. The molecule has 0 spiro atoms. The van der Waals surface area contributed by atoms with Gasteiger partial charge in [0.1, 0.15) is 5.75 Å². The molecule has 8 heteroatoms. The Hall–Kier alpha value is -2.31. The second-order valence-electron chi connectivity index (χ2n) is 5.61. The molecule has 0 saturated carbocycles. The van der Waals surface area contributed by atoms with E-state index < -0.39 is 0 Å². The summed E-state index contributed by atoms with van der Waals surface area (Å²) in [6, 6.07) is 8.40. The van der Waals surface area contributed by atoms with Gasteiger partial charge in [-0.1, -0.05) is 23.2 Å². The molecule has 6 nitrogen and oxygen atoms in total. The van der Waals surface area contributed by atoms with Gasteiger partial charge < -0.3 is 23.8 Å². The molecule has 146 valence electrons. The summed E-state index contributed by atoms with van der Waals surface area (Å²) in [7, 11) is 6.28. The number of halogens is 2. The first-order valence-corrected chi connectivity index (χ1v) is 8.76. The Morgan fingerprint density at radius 3 is 2.30 bits per heavy atom. The second-order valence-corrected chi connectivity index (χ2v) is 6.45. The van der Waals surface area contributed by atoms with Gasteiger partial charge in [-0.3, -0.25) is 4.79 Å². The number of carbonyl (C=O) groups excluding carboxylic acids is 1. The van der Waals surface area contributed by atoms with Crippen molar-refractivity contribution in [2.24, 2.45) is 0 Å². The van der Waals surface area contributed by atoms with Crippen LogP contribution in [-0.2, 0) is 11.3 Å². The molecule has 27 heavy (non-hydrogen) atoms. The number of carbonyl (C=O) groups is 1. The zero-order valence-electron chi connectivity index (χ0n) is 15.5. The average molecular weight is 414 g/mol. The van der Waals surface area contributed by atoms with Crippen LogP contribution in [0.5, 0.6) is 23.0 Å². The molecule has 0 fully saturated rings. The van der Waals surface area contributed by atoms with E-state index in [1.54, 1.807) is 38.4 Å². The van der Waals surface area contributed by atoms with Gasteiger partial charge in [-0.2, -0.15) is 0 Å². The first-order valence-electron chi connectivity index (χ1n) is 8.00. The fraction of sp³-hybridized carbons (Fsp3) is 0.316. The zero-order chi connectivity index (χ0) is 20.0. The molecule has 0 aliphatic heterocycles. The molecule has 2 aromatic carbocycles. The Kier molecular flexibility index (Phi) is 7.45. The number of nitrogens with zero attached hydrogens (tertiary/aromatic N) is 1. The van der Waals surface area contributed by atoms with Crippen molar-refractivity contribution in [3.8, 4) is 23.0 Å². The van der Waals surface area contributed by atoms with Gasteiger partial charge in [0.05, 0.1) is 26.4 Å². The van der Waals surface area contributed by atoms with Crippen molar-refractivity contribution >= 4 is 29.1 Å². The van der Waals surface area contributed by atoms with Gasteiger partial charge in [-0.15, -0.1) is 0 Å². The summed E-state index contributed by atoms with van der Waals surface area (Å²) < 4.78 is 21.6. The fourth-order valence-electron chi connectivity index (χ4n) is 2.47. The molecule has 0 bridgehead atoms. The van der Waals surface area contributed by atoms with Gasteiger partial charge >= 0.3 is 0 Å². The average Bonchev–Trinajstić information content (AvgIpc) is 2.67. The third kappa shape index (κ3) is 5.11. The van der Waals surface area contributed by atoms with E-state index in [-0.39, 0.29) is 12.5 Å². The predicted octanol–water partition coefficient (Wildman–Crippen LogP) is 4.06. The minimum atomic E-state index is -0.233.